The highest BCUT2D eigenvalue weighted by molar-refractivity contribution is 8.00. The maximum absolute atomic E-state index is 12.9. The zero-order chi connectivity index (χ0) is 17.6. The number of rotatable bonds is 5. The van der Waals surface area contributed by atoms with Gasteiger partial charge in [0.15, 0.2) is 0 Å². The highest BCUT2D eigenvalue weighted by Gasteiger charge is 2.22. The van der Waals surface area contributed by atoms with Crippen LogP contribution >= 0.6 is 35.0 Å². The standard InChI is InChI=1S/C20H15Cl2NOS/c21-15-11-16(22)13-17(12-15)23-20(24)19(14-7-3-1-4-8-14)25-18-9-5-2-6-10-18/h1-13,19H,(H,23,24)/t19-/m0/s1. The Balaban J connectivity index is 1.86. The number of amides is 1. The molecule has 3 aromatic rings. The van der Waals surface area contributed by atoms with Crippen LogP contribution in [0.25, 0.3) is 0 Å². The number of thioether (sulfide) groups is 1. The summed E-state index contributed by atoms with van der Waals surface area (Å²) in [6, 6.07) is 24.5. The highest BCUT2D eigenvalue weighted by Crippen LogP contribution is 2.36. The van der Waals surface area contributed by atoms with E-state index in [4.69, 9.17) is 23.2 Å². The van der Waals surface area contributed by atoms with Crippen LogP contribution in [0.3, 0.4) is 0 Å². The lowest BCUT2D eigenvalue weighted by Crippen LogP contribution is -2.19. The average molecular weight is 388 g/mol. The SMILES string of the molecule is O=C(Nc1cc(Cl)cc(Cl)c1)[C@@H](Sc1ccccc1)c1ccccc1. The second-order valence-corrected chi connectivity index (χ2v) is 7.42. The van der Waals surface area contributed by atoms with Gasteiger partial charge in [-0.15, -0.1) is 11.8 Å². The van der Waals surface area contributed by atoms with Crippen LogP contribution in [0.4, 0.5) is 5.69 Å². The Labute approximate surface area is 161 Å². The van der Waals surface area contributed by atoms with Gasteiger partial charge in [-0.3, -0.25) is 4.79 Å². The summed E-state index contributed by atoms with van der Waals surface area (Å²) in [5.74, 6) is -0.126. The predicted molar refractivity (Wildman–Crippen MR) is 107 cm³/mol. The molecule has 0 radical (unpaired) electrons. The molecule has 0 aliphatic heterocycles. The third-order valence-electron chi connectivity index (χ3n) is 3.47. The third-order valence-corrected chi connectivity index (χ3v) is 5.17. The van der Waals surface area contributed by atoms with Gasteiger partial charge in [0.05, 0.1) is 0 Å². The van der Waals surface area contributed by atoms with E-state index in [9.17, 15) is 4.79 Å². The maximum atomic E-state index is 12.9. The lowest BCUT2D eigenvalue weighted by molar-refractivity contribution is -0.115. The Bertz CT molecular complexity index is 836. The van der Waals surface area contributed by atoms with Gasteiger partial charge in [-0.2, -0.15) is 0 Å². The minimum absolute atomic E-state index is 0.126. The molecule has 0 aliphatic rings. The van der Waals surface area contributed by atoms with Gasteiger partial charge in [0.25, 0.3) is 0 Å². The van der Waals surface area contributed by atoms with Crippen molar-refractivity contribution in [3.63, 3.8) is 0 Å². The molecule has 0 bridgehead atoms. The molecule has 0 aromatic heterocycles. The van der Waals surface area contributed by atoms with Crippen LogP contribution in [0.1, 0.15) is 10.8 Å². The van der Waals surface area contributed by atoms with E-state index in [0.29, 0.717) is 15.7 Å². The van der Waals surface area contributed by atoms with Gasteiger partial charge in [0.1, 0.15) is 5.25 Å². The van der Waals surface area contributed by atoms with Crippen molar-refractivity contribution < 1.29 is 4.79 Å². The molecule has 0 unspecified atom stereocenters. The zero-order valence-corrected chi connectivity index (χ0v) is 15.5. The summed E-state index contributed by atoms with van der Waals surface area (Å²) in [4.78, 5) is 13.9. The zero-order valence-electron chi connectivity index (χ0n) is 13.2. The first-order valence-corrected chi connectivity index (χ1v) is 9.29. The lowest BCUT2D eigenvalue weighted by atomic mass is 10.1. The van der Waals surface area contributed by atoms with E-state index in [0.717, 1.165) is 10.5 Å². The van der Waals surface area contributed by atoms with Crippen molar-refractivity contribution >= 4 is 46.6 Å². The summed E-state index contributed by atoms with van der Waals surface area (Å²) in [5.41, 5.74) is 1.51. The lowest BCUT2D eigenvalue weighted by Gasteiger charge is -2.17. The largest absolute Gasteiger partial charge is 0.325 e. The van der Waals surface area contributed by atoms with Crippen LogP contribution < -0.4 is 5.32 Å². The first-order chi connectivity index (χ1) is 12.1. The van der Waals surface area contributed by atoms with Crippen molar-refractivity contribution in [1.29, 1.82) is 0 Å². The Kier molecular flexibility index (Phi) is 6.03. The van der Waals surface area contributed by atoms with E-state index in [-0.39, 0.29) is 11.2 Å². The Hall–Kier alpha value is -1.94. The Morgan fingerprint density at radius 3 is 2.00 bits per heavy atom. The van der Waals surface area contributed by atoms with E-state index in [1.165, 1.54) is 11.8 Å². The first kappa shape index (κ1) is 17.9. The van der Waals surface area contributed by atoms with Crippen LogP contribution in [0.15, 0.2) is 83.8 Å². The van der Waals surface area contributed by atoms with Gasteiger partial charge in [0, 0.05) is 20.6 Å². The minimum atomic E-state index is -0.388. The molecule has 0 spiro atoms. The quantitative estimate of drug-likeness (QED) is 0.508. The summed E-state index contributed by atoms with van der Waals surface area (Å²) in [6.45, 7) is 0. The molecular weight excluding hydrogens is 373 g/mol. The highest BCUT2D eigenvalue weighted by atomic mass is 35.5. The molecule has 0 fully saturated rings. The number of nitrogens with one attached hydrogen (secondary N) is 1. The molecule has 0 saturated heterocycles. The van der Waals surface area contributed by atoms with Crippen LogP contribution in [0.5, 0.6) is 0 Å². The van der Waals surface area contributed by atoms with Gasteiger partial charge in [-0.05, 0) is 35.9 Å². The summed E-state index contributed by atoms with van der Waals surface area (Å²) < 4.78 is 0. The molecule has 3 rings (SSSR count). The maximum Gasteiger partial charge on any atom is 0.242 e. The monoisotopic (exact) mass is 387 g/mol. The van der Waals surface area contributed by atoms with Crippen molar-refractivity contribution in [1.82, 2.24) is 0 Å². The number of carbonyl (C=O) groups is 1. The van der Waals surface area contributed by atoms with Crippen LogP contribution in [-0.4, -0.2) is 5.91 Å². The normalized spacial score (nSPS) is 11.8. The molecule has 2 nitrogen and oxygen atoms in total. The van der Waals surface area contributed by atoms with Gasteiger partial charge in [-0.1, -0.05) is 71.7 Å². The Morgan fingerprint density at radius 2 is 1.40 bits per heavy atom. The topological polar surface area (TPSA) is 29.1 Å². The van der Waals surface area contributed by atoms with Crippen LogP contribution in [0, 0.1) is 0 Å². The summed E-state index contributed by atoms with van der Waals surface area (Å²) in [5, 5.41) is 3.49. The fourth-order valence-corrected chi connectivity index (χ4v) is 3.94. The molecule has 5 heteroatoms. The molecule has 0 heterocycles. The van der Waals surface area contributed by atoms with Gasteiger partial charge >= 0.3 is 0 Å². The summed E-state index contributed by atoms with van der Waals surface area (Å²) in [7, 11) is 0. The van der Waals surface area contributed by atoms with Gasteiger partial charge in [0.2, 0.25) is 5.91 Å². The summed E-state index contributed by atoms with van der Waals surface area (Å²) in [6.07, 6.45) is 0. The molecule has 0 saturated carbocycles. The molecule has 0 aliphatic carbocycles. The molecular formula is C20H15Cl2NOS. The van der Waals surface area contributed by atoms with E-state index in [1.54, 1.807) is 18.2 Å². The van der Waals surface area contributed by atoms with Crippen molar-refractivity contribution in [3.8, 4) is 0 Å². The van der Waals surface area contributed by atoms with Crippen molar-refractivity contribution in [2.45, 2.75) is 10.1 Å². The van der Waals surface area contributed by atoms with Crippen molar-refractivity contribution in [2.75, 3.05) is 5.32 Å². The van der Waals surface area contributed by atoms with E-state index < -0.39 is 0 Å². The first-order valence-electron chi connectivity index (χ1n) is 7.65. The predicted octanol–water partition coefficient (Wildman–Crippen LogP) is 6.47. The molecule has 3 aromatic carbocycles. The van der Waals surface area contributed by atoms with Crippen molar-refractivity contribution in [2.24, 2.45) is 0 Å². The molecule has 126 valence electrons. The number of halogens is 2. The number of carbonyl (C=O) groups excluding carboxylic acids is 1. The van der Waals surface area contributed by atoms with Crippen LogP contribution in [0.2, 0.25) is 10.0 Å². The molecule has 1 amide bonds. The molecule has 1 atom stereocenters. The third kappa shape index (κ3) is 5.02. The van der Waals surface area contributed by atoms with Crippen LogP contribution in [-0.2, 0) is 4.79 Å². The summed E-state index contributed by atoms with van der Waals surface area (Å²) >= 11 is 13.5. The van der Waals surface area contributed by atoms with E-state index in [1.807, 2.05) is 60.7 Å². The average Bonchev–Trinajstić information content (AvgIpc) is 2.60. The second-order valence-electron chi connectivity index (χ2n) is 5.37. The number of anilines is 1. The van der Waals surface area contributed by atoms with E-state index >= 15 is 0 Å². The molecule has 1 N–H and O–H groups in total. The minimum Gasteiger partial charge on any atom is -0.325 e. The van der Waals surface area contributed by atoms with E-state index in [2.05, 4.69) is 5.32 Å². The fourth-order valence-electron chi connectivity index (χ4n) is 2.37. The smallest absolute Gasteiger partial charge is 0.242 e. The molecule has 25 heavy (non-hydrogen) atoms. The number of hydrogen-bond donors (Lipinski definition) is 1. The van der Waals surface area contributed by atoms with Gasteiger partial charge in [-0.25, -0.2) is 0 Å². The van der Waals surface area contributed by atoms with Gasteiger partial charge < -0.3 is 5.32 Å². The Morgan fingerprint density at radius 1 is 0.840 bits per heavy atom. The number of hydrogen-bond acceptors (Lipinski definition) is 2. The fraction of sp³-hybridized carbons (Fsp3) is 0.0500. The number of benzene rings is 3. The second kappa shape index (κ2) is 8.43. The van der Waals surface area contributed by atoms with Crippen molar-refractivity contribution in [3.05, 3.63) is 94.5 Å².